The van der Waals surface area contributed by atoms with Crippen molar-refractivity contribution >= 4 is 16.0 Å². The van der Waals surface area contributed by atoms with Gasteiger partial charge >= 0.3 is 12.1 Å². The maximum absolute atomic E-state index is 12.7. The molecule has 0 aliphatic heterocycles. The standard InChI is InChI=1S/C11H12F3NO4S/c1-6-3-4-8(5-9(6)11(12,13)14)20(18,19)15-7(2)10(16)17/h3-5,7,15H,1-2H3,(H,16,17)/t7-/m0/s1. The molecule has 0 bridgehead atoms. The molecule has 20 heavy (non-hydrogen) atoms. The van der Waals surface area contributed by atoms with E-state index in [0.29, 0.717) is 6.07 Å². The van der Waals surface area contributed by atoms with Crippen molar-refractivity contribution in [3.63, 3.8) is 0 Å². The Morgan fingerprint density at radius 3 is 2.35 bits per heavy atom. The van der Waals surface area contributed by atoms with E-state index in [4.69, 9.17) is 5.11 Å². The molecule has 2 N–H and O–H groups in total. The minimum atomic E-state index is -4.69. The highest BCUT2D eigenvalue weighted by molar-refractivity contribution is 7.89. The SMILES string of the molecule is Cc1ccc(S(=O)(=O)N[C@@H](C)C(=O)O)cc1C(F)(F)F. The Morgan fingerprint density at radius 1 is 1.35 bits per heavy atom. The molecule has 0 unspecified atom stereocenters. The van der Waals surface area contributed by atoms with Gasteiger partial charge in [0.1, 0.15) is 6.04 Å². The summed E-state index contributed by atoms with van der Waals surface area (Å²) in [4.78, 5) is 9.95. The third-order valence-electron chi connectivity index (χ3n) is 2.53. The second-order valence-electron chi connectivity index (χ2n) is 4.16. The predicted octanol–water partition coefficient (Wildman–Crippen LogP) is 1.77. The highest BCUT2D eigenvalue weighted by Gasteiger charge is 2.34. The van der Waals surface area contributed by atoms with Crippen LogP contribution in [0, 0.1) is 6.92 Å². The molecule has 112 valence electrons. The molecule has 0 aromatic heterocycles. The lowest BCUT2D eigenvalue weighted by molar-refractivity contribution is -0.139. The van der Waals surface area contributed by atoms with Gasteiger partial charge in [-0.25, -0.2) is 8.42 Å². The van der Waals surface area contributed by atoms with Crippen LogP contribution in [0.1, 0.15) is 18.1 Å². The van der Waals surface area contributed by atoms with Crippen LogP contribution in [-0.2, 0) is 21.0 Å². The Hall–Kier alpha value is -1.61. The van der Waals surface area contributed by atoms with Gasteiger partial charge in [-0.15, -0.1) is 0 Å². The topological polar surface area (TPSA) is 83.5 Å². The summed E-state index contributed by atoms with van der Waals surface area (Å²) in [6.45, 7) is 2.27. The van der Waals surface area contributed by atoms with E-state index in [1.807, 2.05) is 0 Å². The van der Waals surface area contributed by atoms with Crippen LogP contribution in [0.4, 0.5) is 13.2 Å². The molecular weight excluding hydrogens is 299 g/mol. The van der Waals surface area contributed by atoms with E-state index in [-0.39, 0.29) is 5.56 Å². The lowest BCUT2D eigenvalue weighted by Gasteiger charge is -2.14. The number of rotatable bonds is 4. The van der Waals surface area contributed by atoms with E-state index in [2.05, 4.69) is 0 Å². The zero-order chi connectivity index (χ0) is 15.7. The van der Waals surface area contributed by atoms with E-state index < -0.39 is 38.7 Å². The lowest BCUT2D eigenvalue weighted by Crippen LogP contribution is -2.38. The number of halogens is 3. The molecule has 0 heterocycles. The molecule has 0 amide bonds. The number of alkyl halides is 3. The summed E-state index contributed by atoms with van der Waals surface area (Å²) in [5, 5.41) is 8.61. The number of nitrogens with one attached hydrogen (secondary N) is 1. The van der Waals surface area contributed by atoms with Crippen molar-refractivity contribution in [1.82, 2.24) is 4.72 Å². The number of carbonyl (C=O) groups is 1. The lowest BCUT2D eigenvalue weighted by atomic mass is 10.1. The second-order valence-corrected chi connectivity index (χ2v) is 5.87. The van der Waals surface area contributed by atoms with Crippen molar-refractivity contribution in [1.29, 1.82) is 0 Å². The number of aryl methyl sites for hydroxylation is 1. The Balaban J connectivity index is 3.24. The van der Waals surface area contributed by atoms with E-state index >= 15 is 0 Å². The average molecular weight is 311 g/mol. The van der Waals surface area contributed by atoms with E-state index in [1.54, 1.807) is 4.72 Å². The first-order valence-electron chi connectivity index (χ1n) is 5.38. The Bertz CT molecular complexity index is 625. The van der Waals surface area contributed by atoms with Gasteiger partial charge in [-0.2, -0.15) is 17.9 Å². The fourth-order valence-corrected chi connectivity index (χ4v) is 2.65. The van der Waals surface area contributed by atoms with Crippen molar-refractivity contribution in [2.24, 2.45) is 0 Å². The molecule has 0 aliphatic rings. The largest absolute Gasteiger partial charge is 0.480 e. The fourth-order valence-electron chi connectivity index (χ4n) is 1.42. The molecule has 1 aromatic rings. The van der Waals surface area contributed by atoms with Crippen LogP contribution in [0.15, 0.2) is 23.1 Å². The summed E-state index contributed by atoms with van der Waals surface area (Å²) in [5.41, 5.74) is -1.20. The van der Waals surface area contributed by atoms with Gasteiger partial charge in [0.25, 0.3) is 0 Å². The van der Waals surface area contributed by atoms with E-state index in [0.717, 1.165) is 19.1 Å². The third kappa shape index (κ3) is 3.70. The first kappa shape index (κ1) is 16.4. The van der Waals surface area contributed by atoms with Crippen LogP contribution in [0.2, 0.25) is 0 Å². The minimum absolute atomic E-state index is 0.122. The van der Waals surface area contributed by atoms with E-state index in [9.17, 15) is 26.4 Å². The van der Waals surface area contributed by atoms with Gasteiger partial charge in [0.2, 0.25) is 10.0 Å². The van der Waals surface area contributed by atoms with Crippen LogP contribution >= 0.6 is 0 Å². The number of carboxylic acids is 1. The number of carboxylic acid groups (broad SMARTS) is 1. The average Bonchev–Trinajstić information content (AvgIpc) is 2.26. The highest BCUT2D eigenvalue weighted by Crippen LogP contribution is 2.33. The molecule has 5 nitrogen and oxygen atoms in total. The molecule has 1 aromatic carbocycles. The summed E-state index contributed by atoms with van der Waals surface area (Å²) < 4.78 is 63.5. The van der Waals surface area contributed by atoms with Crippen molar-refractivity contribution in [3.8, 4) is 0 Å². The van der Waals surface area contributed by atoms with Crippen LogP contribution in [0.3, 0.4) is 0 Å². The van der Waals surface area contributed by atoms with Gasteiger partial charge in [-0.3, -0.25) is 4.79 Å². The van der Waals surface area contributed by atoms with E-state index in [1.165, 1.54) is 6.92 Å². The molecule has 1 rings (SSSR count). The summed E-state index contributed by atoms with van der Waals surface area (Å²) in [6, 6.07) is 1.03. The smallest absolute Gasteiger partial charge is 0.416 e. The van der Waals surface area contributed by atoms with Crippen molar-refractivity contribution in [2.45, 2.75) is 31.0 Å². The van der Waals surface area contributed by atoms with Crippen molar-refractivity contribution in [3.05, 3.63) is 29.3 Å². The molecule has 0 fully saturated rings. The number of hydrogen-bond donors (Lipinski definition) is 2. The number of hydrogen-bond acceptors (Lipinski definition) is 3. The maximum atomic E-state index is 12.7. The van der Waals surface area contributed by atoms with Gasteiger partial charge in [0.05, 0.1) is 10.5 Å². The van der Waals surface area contributed by atoms with Crippen LogP contribution in [-0.4, -0.2) is 25.5 Å². The summed E-state index contributed by atoms with van der Waals surface area (Å²) >= 11 is 0. The molecule has 0 radical (unpaired) electrons. The number of sulfonamides is 1. The van der Waals surface area contributed by atoms with Crippen molar-refractivity contribution < 1.29 is 31.5 Å². The molecule has 1 atom stereocenters. The van der Waals surface area contributed by atoms with Gasteiger partial charge in [-0.1, -0.05) is 6.07 Å². The van der Waals surface area contributed by atoms with Crippen molar-refractivity contribution in [2.75, 3.05) is 0 Å². The zero-order valence-electron chi connectivity index (χ0n) is 10.5. The predicted molar refractivity (Wildman–Crippen MR) is 63.6 cm³/mol. The Morgan fingerprint density at radius 2 is 1.90 bits per heavy atom. The first-order chi connectivity index (χ1) is 8.95. The van der Waals surface area contributed by atoms with Gasteiger partial charge < -0.3 is 5.11 Å². The van der Waals surface area contributed by atoms with Crippen LogP contribution in [0.5, 0.6) is 0 Å². The van der Waals surface area contributed by atoms with Crippen LogP contribution in [0.25, 0.3) is 0 Å². The Kier molecular flexibility index (Phi) is 4.45. The normalized spacial score (nSPS) is 14.1. The third-order valence-corrected chi connectivity index (χ3v) is 4.07. The Labute approximate surface area is 113 Å². The molecule has 0 saturated heterocycles. The summed E-state index contributed by atoms with van der Waals surface area (Å²) in [7, 11) is -4.33. The minimum Gasteiger partial charge on any atom is -0.480 e. The molecule has 9 heteroatoms. The molecule has 0 saturated carbocycles. The first-order valence-corrected chi connectivity index (χ1v) is 6.86. The van der Waals surface area contributed by atoms with Gasteiger partial charge in [0, 0.05) is 0 Å². The number of aliphatic carboxylic acids is 1. The molecular formula is C11H12F3NO4S. The quantitative estimate of drug-likeness (QED) is 0.887. The zero-order valence-corrected chi connectivity index (χ0v) is 11.3. The highest BCUT2D eigenvalue weighted by atomic mass is 32.2. The number of benzene rings is 1. The summed E-state index contributed by atoms with van der Waals surface area (Å²) in [6.07, 6.45) is -4.69. The van der Waals surface area contributed by atoms with Gasteiger partial charge in [0.15, 0.2) is 0 Å². The molecule has 0 aliphatic carbocycles. The molecule has 0 spiro atoms. The second kappa shape index (κ2) is 5.41. The van der Waals surface area contributed by atoms with Gasteiger partial charge in [-0.05, 0) is 31.5 Å². The monoisotopic (exact) mass is 311 g/mol. The maximum Gasteiger partial charge on any atom is 0.416 e. The van der Waals surface area contributed by atoms with Crippen LogP contribution < -0.4 is 4.72 Å². The summed E-state index contributed by atoms with van der Waals surface area (Å²) in [5.74, 6) is -1.43. The fraction of sp³-hybridized carbons (Fsp3) is 0.364.